The van der Waals surface area contributed by atoms with Crippen LogP contribution in [0.2, 0.25) is 0 Å². The van der Waals surface area contributed by atoms with Gasteiger partial charge in [0.2, 0.25) is 0 Å². The Hall–Kier alpha value is -2.14. The maximum Gasteiger partial charge on any atom is 0.274 e. The Morgan fingerprint density at radius 2 is 1.82 bits per heavy atom. The van der Waals surface area contributed by atoms with Crippen molar-refractivity contribution < 1.29 is 9.90 Å². The lowest BCUT2D eigenvalue weighted by Crippen LogP contribution is -2.33. The summed E-state index contributed by atoms with van der Waals surface area (Å²) in [7, 11) is 1.67. The fourth-order valence-corrected chi connectivity index (χ4v) is 2.59. The number of hydrogen-bond acceptors (Lipinski definition) is 3. The van der Waals surface area contributed by atoms with Gasteiger partial charge in [-0.15, -0.1) is 0 Å². The monoisotopic (exact) mass is 301 g/mol. The molecule has 1 heterocycles. The number of aliphatic hydroxyl groups excluding tert-OH is 1. The lowest BCUT2D eigenvalue weighted by molar-refractivity contribution is 0.0697. The molecule has 0 aliphatic carbocycles. The quantitative estimate of drug-likeness (QED) is 0.942. The van der Waals surface area contributed by atoms with Gasteiger partial charge < -0.3 is 10.0 Å². The Kier molecular flexibility index (Phi) is 4.66. The average Bonchev–Trinajstić information content (AvgIpc) is 2.78. The Balaban J connectivity index is 2.33. The molecule has 5 nitrogen and oxygen atoms in total. The molecule has 1 aromatic carbocycles. The van der Waals surface area contributed by atoms with Crippen molar-refractivity contribution in [1.82, 2.24) is 14.7 Å². The number of likely N-dealkylation sites (N-methyl/N-ethyl adjacent to an activating group) is 1. The molecule has 0 fully saturated rings. The smallest absolute Gasteiger partial charge is 0.274 e. The van der Waals surface area contributed by atoms with Gasteiger partial charge in [0.25, 0.3) is 5.91 Å². The molecule has 1 amide bonds. The van der Waals surface area contributed by atoms with Gasteiger partial charge in [0, 0.05) is 19.3 Å². The molecule has 0 radical (unpaired) electrons. The molecule has 0 aliphatic rings. The van der Waals surface area contributed by atoms with Gasteiger partial charge in [0.1, 0.15) is 0 Å². The summed E-state index contributed by atoms with van der Waals surface area (Å²) in [6, 6.07) is 7.96. The van der Waals surface area contributed by atoms with Crippen molar-refractivity contribution >= 4 is 5.91 Å². The number of aryl methyl sites for hydroxylation is 3. The van der Waals surface area contributed by atoms with Gasteiger partial charge in [0.15, 0.2) is 5.69 Å². The number of aliphatic hydroxyl groups is 1. The number of hydrogen-bond donors (Lipinski definition) is 1. The summed E-state index contributed by atoms with van der Waals surface area (Å²) in [5.41, 5.74) is 4.55. The van der Waals surface area contributed by atoms with Crippen molar-refractivity contribution in [3.05, 3.63) is 46.8 Å². The van der Waals surface area contributed by atoms with Crippen LogP contribution >= 0.6 is 0 Å². The Labute approximate surface area is 131 Å². The summed E-state index contributed by atoms with van der Waals surface area (Å²) in [6.07, 6.45) is -0.559. The fourth-order valence-electron chi connectivity index (χ4n) is 2.59. The first-order chi connectivity index (χ1) is 10.3. The van der Waals surface area contributed by atoms with E-state index in [0.29, 0.717) is 5.69 Å². The van der Waals surface area contributed by atoms with Crippen LogP contribution in [0, 0.1) is 20.8 Å². The second kappa shape index (κ2) is 6.32. The number of benzene rings is 1. The molecular formula is C17H23N3O2. The van der Waals surface area contributed by atoms with E-state index < -0.39 is 6.10 Å². The van der Waals surface area contributed by atoms with Gasteiger partial charge in [-0.1, -0.05) is 6.07 Å². The lowest BCUT2D eigenvalue weighted by Gasteiger charge is -2.17. The predicted molar refractivity (Wildman–Crippen MR) is 86.4 cm³/mol. The summed E-state index contributed by atoms with van der Waals surface area (Å²) >= 11 is 0. The average molecular weight is 301 g/mol. The Bertz CT molecular complexity index is 669. The first kappa shape index (κ1) is 16.2. The number of aromatic nitrogens is 2. The van der Waals surface area contributed by atoms with E-state index >= 15 is 0 Å². The minimum atomic E-state index is -0.559. The van der Waals surface area contributed by atoms with Crippen molar-refractivity contribution in [2.75, 3.05) is 13.6 Å². The van der Waals surface area contributed by atoms with E-state index in [1.54, 1.807) is 24.7 Å². The molecule has 2 aromatic rings. The van der Waals surface area contributed by atoms with Crippen molar-refractivity contribution in [2.24, 2.45) is 0 Å². The molecule has 2 rings (SSSR count). The number of nitrogens with zero attached hydrogens (tertiary/aromatic N) is 3. The standard InChI is InChI=1S/C17H23N3O2/c1-11-6-12(2)8-15(7-11)20-13(3)9-16(18-20)17(22)19(5)10-14(4)21/h6-9,14,21H,10H2,1-5H3. The second-order valence-electron chi connectivity index (χ2n) is 5.96. The maximum absolute atomic E-state index is 12.3. The number of carbonyl (C=O) groups excluding carboxylic acids is 1. The Morgan fingerprint density at radius 3 is 2.36 bits per heavy atom. The van der Waals surface area contributed by atoms with Crippen molar-refractivity contribution in [2.45, 2.75) is 33.8 Å². The van der Waals surface area contributed by atoms with Gasteiger partial charge in [-0.2, -0.15) is 5.10 Å². The molecule has 0 bridgehead atoms. The SMILES string of the molecule is Cc1cc(C)cc(-n2nc(C(=O)N(C)CC(C)O)cc2C)c1. The summed E-state index contributed by atoms with van der Waals surface area (Å²) in [6.45, 7) is 7.95. The molecular weight excluding hydrogens is 278 g/mol. The molecule has 0 aliphatic heterocycles. The van der Waals surface area contributed by atoms with Crippen LogP contribution in [-0.4, -0.2) is 45.4 Å². The van der Waals surface area contributed by atoms with Crippen molar-refractivity contribution in [1.29, 1.82) is 0 Å². The first-order valence-corrected chi connectivity index (χ1v) is 7.37. The molecule has 22 heavy (non-hydrogen) atoms. The van der Waals surface area contributed by atoms with Crippen LogP contribution in [0.15, 0.2) is 24.3 Å². The normalized spacial score (nSPS) is 12.3. The minimum Gasteiger partial charge on any atom is -0.392 e. The van der Waals surface area contributed by atoms with E-state index in [1.807, 2.05) is 32.9 Å². The van der Waals surface area contributed by atoms with Crippen LogP contribution in [0.1, 0.15) is 34.2 Å². The topological polar surface area (TPSA) is 58.4 Å². The van der Waals surface area contributed by atoms with E-state index in [4.69, 9.17) is 0 Å². The summed E-state index contributed by atoms with van der Waals surface area (Å²) in [5.74, 6) is -0.188. The van der Waals surface area contributed by atoms with E-state index in [1.165, 1.54) is 4.90 Å². The van der Waals surface area contributed by atoms with Crippen LogP contribution in [0.4, 0.5) is 0 Å². The minimum absolute atomic E-state index is 0.188. The van der Waals surface area contributed by atoms with Gasteiger partial charge in [-0.25, -0.2) is 4.68 Å². The molecule has 0 saturated carbocycles. The third-order valence-electron chi connectivity index (χ3n) is 3.44. The van der Waals surface area contributed by atoms with Gasteiger partial charge >= 0.3 is 0 Å². The van der Waals surface area contributed by atoms with Crippen LogP contribution in [0.3, 0.4) is 0 Å². The highest BCUT2D eigenvalue weighted by atomic mass is 16.3. The Morgan fingerprint density at radius 1 is 1.23 bits per heavy atom. The summed E-state index contributed by atoms with van der Waals surface area (Å²) in [4.78, 5) is 13.8. The molecule has 0 saturated heterocycles. The van der Waals surface area contributed by atoms with Gasteiger partial charge in [-0.05, 0) is 57.0 Å². The lowest BCUT2D eigenvalue weighted by atomic mass is 10.1. The molecule has 5 heteroatoms. The number of rotatable bonds is 4. The summed E-state index contributed by atoms with van der Waals surface area (Å²) in [5, 5.41) is 13.8. The second-order valence-corrected chi connectivity index (χ2v) is 5.96. The van der Waals surface area contributed by atoms with Crippen LogP contribution in [0.5, 0.6) is 0 Å². The van der Waals surface area contributed by atoms with Crippen LogP contribution in [-0.2, 0) is 0 Å². The highest BCUT2D eigenvalue weighted by Crippen LogP contribution is 2.16. The molecule has 118 valence electrons. The maximum atomic E-state index is 12.3. The van der Waals surface area contributed by atoms with E-state index in [0.717, 1.165) is 22.5 Å². The van der Waals surface area contributed by atoms with Crippen molar-refractivity contribution in [3.8, 4) is 5.69 Å². The largest absolute Gasteiger partial charge is 0.392 e. The first-order valence-electron chi connectivity index (χ1n) is 7.37. The summed E-state index contributed by atoms with van der Waals surface area (Å²) < 4.78 is 1.78. The van der Waals surface area contributed by atoms with Crippen LogP contribution in [0.25, 0.3) is 5.69 Å². The molecule has 0 spiro atoms. The third-order valence-corrected chi connectivity index (χ3v) is 3.44. The van der Waals surface area contributed by atoms with E-state index in [9.17, 15) is 9.90 Å². The molecule has 1 atom stereocenters. The zero-order valence-corrected chi connectivity index (χ0v) is 13.8. The van der Waals surface area contributed by atoms with E-state index in [-0.39, 0.29) is 12.5 Å². The number of carbonyl (C=O) groups is 1. The van der Waals surface area contributed by atoms with Crippen LogP contribution < -0.4 is 0 Å². The molecule has 1 unspecified atom stereocenters. The zero-order valence-electron chi connectivity index (χ0n) is 13.8. The molecule has 1 N–H and O–H groups in total. The van der Waals surface area contributed by atoms with Crippen molar-refractivity contribution in [3.63, 3.8) is 0 Å². The highest BCUT2D eigenvalue weighted by Gasteiger charge is 2.18. The third kappa shape index (κ3) is 3.54. The highest BCUT2D eigenvalue weighted by molar-refractivity contribution is 5.92. The predicted octanol–water partition coefficient (Wildman–Crippen LogP) is 2.25. The molecule has 1 aromatic heterocycles. The zero-order chi connectivity index (χ0) is 16.4. The van der Waals surface area contributed by atoms with Gasteiger partial charge in [0.05, 0.1) is 11.8 Å². The number of amides is 1. The van der Waals surface area contributed by atoms with Gasteiger partial charge in [-0.3, -0.25) is 4.79 Å². The fraction of sp³-hybridized carbons (Fsp3) is 0.412. The van der Waals surface area contributed by atoms with E-state index in [2.05, 4.69) is 11.2 Å².